The molecular formula is C20H27ClN4O4S. The molecule has 0 radical (unpaired) electrons. The van der Waals surface area contributed by atoms with Crippen LogP contribution in [0, 0.1) is 12.8 Å². The molecule has 1 fully saturated rings. The minimum absolute atomic E-state index is 0.0436. The van der Waals surface area contributed by atoms with Crippen molar-refractivity contribution in [3.8, 4) is 5.75 Å². The summed E-state index contributed by atoms with van der Waals surface area (Å²) in [4.78, 5) is 16.9. The van der Waals surface area contributed by atoms with Crippen LogP contribution in [0.15, 0.2) is 29.4 Å². The van der Waals surface area contributed by atoms with Crippen LogP contribution in [0.25, 0.3) is 0 Å². The molecule has 0 saturated carbocycles. The molecule has 1 amide bonds. The van der Waals surface area contributed by atoms with Gasteiger partial charge in [0.25, 0.3) is 10.0 Å². The van der Waals surface area contributed by atoms with Gasteiger partial charge in [-0.3, -0.25) is 4.79 Å². The number of benzene rings is 1. The molecule has 1 aromatic carbocycles. The summed E-state index contributed by atoms with van der Waals surface area (Å²) in [7, 11) is -1.91. The maximum absolute atomic E-state index is 12.8. The van der Waals surface area contributed by atoms with E-state index in [1.807, 2.05) is 6.92 Å². The van der Waals surface area contributed by atoms with E-state index in [1.54, 1.807) is 36.7 Å². The minimum atomic E-state index is -3.66. The molecule has 0 unspecified atom stereocenters. The van der Waals surface area contributed by atoms with Crippen molar-refractivity contribution < 1.29 is 17.9 Å². The van der Waals surface area contributed by atoms with E-state index in [2.05, 4.69) is 10.3 Å². The van der Waals surface area contributed by atoms with Gasteiger partial charge in [0.15, 0.2) is 5.03 Å². The van der Waals surface area contributed by atoms with Gasteiger partial charge in [0, 0.05) is 37.3 Å². The van der Waals surface area contributed by atoms with Crippen LogP contribution in [0.3, 0.4) is 0 Å². The molecule has 0 atom stereocenters. The molecule has 1 saturated heterocycles. The molecule has 2 aromatic rings. The molecule has 0 aliphatic carbocycles. The van der Waals surface area contributed by atoms with Crippen molar-refractivity contribution >= 4 is 33.2 Å². The molecule has 1 aliphatic rings. The predicted molar refractivity (Wildman–Crippen MR) is 115 cm³/mol. The molecule has 30 heavy (non-hydrogen) atoms. The normalized spacial score (nSPS) is 15.9. The molecule has 164 valence electrons. The smallest absolute Gasteiger partial charge is 0.262 e. The zero-order valence-corrected chi connectivity index (χ0v) is 19.0. The molecule has 1 N–H and O–H groups in total. The fraction of sp³-hybridized carbons (Fsp3) is 0.500. The number of nitrogens with zero attached hydrogens (tertiary/aromatic N) is 3. The Balaban J connectivity index is 1.64. The predicted octanol–water partition coefficient (Wildman–Crippen LogP) is 3.21. The Kier molecular flexibility index (Phi) is 7.05. The Morgan fingerprint density at radius 2 is 2.03 bits per heavy atom. The molecule has 0 spiro atoms. The number of sulfonamides is 1. The first-order chi connectivity index (χ1) is 14.2. The standard InChI is InChI=1S/C20H27ClN4O4S/c1-4-11-29-18-6-5-16(21)12-17(18)23-20(26)15-7-9-25(10-8-15)30(27,28)19-13-24(3)14(2)22-19/h5-6,12-13,15H,4,7-11H2,1-3H3,(H,23,26). The lowest BCUT2D eigenvalue weighted by atomic mass is 9.97. The molecule has 2 heterocycles. The third kappa shape index (κ3) is 4.96. The Morgan fingerprint density at radius 3 is 2.63 bits per heavy atom. The number of carbonyl (C=O) groups excluding carboxylic acids is 1. The number of halogens is 1. The van der Waals surface area contributed by atoms with E-state index in [0.717, 1.165) is 6.42 Å². The van der Waals surface area contributed by atoms with Gasteiger partial charge in [-0.15, -0.1) is 0 Å². The van der Waals surface area contributed by atoms with Gasteiger partial charge in [-0.25, -0.2) is 13.4 Å². The van der Waals surface area contributed by atoms with Crippen LogP contribution in [0.5, 0.6) is 5.75 Å². The first kappa shape index (κ1) is 22.6. The number of rotatable bonds is 7. The summed E-state index contributed by atoms with van der Waals surface area (Å²) in [6, 6.07) is 5.11. The van der Waals surface area contributed by atoms with Gasteiger partial charge in [0.1, 0.15) is 11.6 Å². The van der Waals surface area contributed by atoms with Gasteiger partial charge in [0.05, 0.1) is 12.3 Å². The summed E-state index contributed by atoms with van der Waals surface area (Å²) >= 11 is 6.07. The van der Waals surface area contributed by atoms with Gasteiger partial charge in [-0.05, 0) is 44.4 Å². The maximum atomic E-state index is 12.8. The van der Waals surface area contributed by atoms with E-state index in [4.69, 9.17) is 16.3 Å². The van der Waals surface area contributed by atoms with Crippen molar-refractivity contribution in [1.29, 1.82) is 0 Å². The van der Waals surface area contributed by atoms with Crippen LogP contribution < -0.4 is 10.1 Å². The van der Waals surface area contributed by atoms with E-state index < -0.39 is 10.0 Å². The zero-order valence-electron chi connectivity index (χ0n) is 17.4. The van der Waals surface area contributed by atoms with Crippen molar-refractivity contribution in [2.45, 2.75) is 38.1 Å². The topological polar surface area (TPSA) is 93.5 Å². The van der Waals surface area contributed by atoms with Crippen LogP contribution >= 0.6 is 11.6 Å². The van der Waals surface area contributed by atoms with Gasteiger partial charge >= 0.3 is 0 Å². The lowest BCUT2D eigenvalue weighted by molar-refractivity contribution is -0.120. The van der Waals surface area contributed by atoms with E-state index in [9.17, 15) is 13.2 Å². The fourth-order valence-corrected chi connectivity index (χ4v) is 4.98. The number of hydrogen-bond donors (Lipinski definition) is 1. The first-order valence-electron chi connectivity index (χ1n) is 9.95. The average molecular weight is 455 g/mol. The summed E-state index contributed by atoms with van der Waals surface area (Å²) in [5.74, 6) is 0.745. The molecular weight excluding hydrogens is 428 g/mol. The number of hydrogen-bond acceptors (Lipinski definition) is 5. The summed E-state index contributed by atoms with van der Waals surface area (Å²) in [6.07, 6.45) is 3.23. The second kappa shape index (κ2) is 9.36. The highest BCUT2D eigenvalue weighted by atomic mass is 35.5. The van der Waals surface area contributed by atoms with Gasteiger partial charge in [-0.2, -0.15) is 4.31 Å². The van der Waals surface area contributed by atoms with Crippen LogP contribution in [-0.4, -0.2) is 47.9 Å². The first-order valence-corrected chi connectivity index (χ1v) is 11.8. The zero-order chi connectivity index (χ0) is 21.9. The second-order valence-electron chi connectivity index (χ2n) is 7.39. The van der Waals surface area contributed by atoms with Gasteiger partial charge in [0.2, 0.25) is 5.91 Å². The Hall–Kier alpha value is -2.10. The lowest BCUT2D eigenvalue weighted by Gasteiger charge is -2.30. The SMILES string of the molecule is CCCOc1ccc(Cl)cc1NC(=O)C1CCN(S(=O)(=O)c2cn(C)c(C)n2)CC1. The Morgan fingerprint density at radius 1 is 1.33 bits per heavy atom. The largest absolute Gasteiger partial charge is 0.491 e. The quantitative estimate of drug-likeness (QED) is 0.693. The van der Waals surface area contributed by atoms with E-state index in [1.165, 1.54) is 10.5 Å². The number of aryl methyl sites for hydroxylation is 2. The van der Waals surface area contributed by atoms with Crippen molar-refractivity contribution in [2.24, 2.45) is 13.0 Å². The monoisotopic (exact) mass is 454 g/mol. The molecule has 10 heteroatoms. The van der Waals surface area contributed by atoms with E-state index in [-0.39, 0.29) is 29.9 Å². The number of imidazole rings is 1. The van der Waals surface area contributed by atoms with Crippen molar-refractivity contribution in [1.82, 2.24) is 13.9 Å². The highest BCUT2D eigenvalue weighted by Crippen LogP contribution is 2.30. The number of anilines is 1. The van der Waals surface area contributed by atoms with Crippen molar-refractivity contribution in [3.63, 3.8) is 0 Å². The number of carbonyl (C=O) groups is 1. The van der Waals surface area contributed by atoms with Crippen molar-refractivity contribution in [2.75, 3.05) is 25.0 Å². The molecule has 3 rings (SSSR count). The van der Waals surface area contributed by atoms with Gasteiger partial charge in [-0.1, -0.05) is 18.5 Å². The van der Waals surface area contributed by atoms with Gasteiger partial charge < -0.3 is 14.6 Å². The highest BCUT2D eigenvalue weighted by Gasteiger charge is 2.33. The van der Waals surface area contributed by atoms with Crippen LogP contribution in [0.1, 0.15) is 32.0 Å². The average Bonchev–Trinajstić information content (AvgIpc) is 3.07. The van der Waals surface area contributed by atoms with Crippen molar-refractivity contribution in [3.05, 3.63) is 35.2 Å². The summed E-state index contributed by atoms with van der Waals surface area (Å²) < 4.78 is 34.4. The fourth-order valence-electron chi connectivity index (χ4n) is 3.31. The summed E-state index contributed by atoms with van der Waals surface area (Å²) in [5, 5.41) is 3.44. The minimum Gasteiger partial charge on any atom is -0.491 e. The van der Waals surface area contributed by atoms with Crippen LogP contribution in [-0.2, 0) is 21.9 Å². The number of piperidine rings is 1. The molecule has 8 nitrogen and oxygen atoms in total. The molecule has 1 aromatic heterocycles. The Labute approximate surface area is 182 Å². The highest BCUT2D eigenvalue weighted by molar-refractivity contribution is 7.89. The van der Waals surface area contributed by atoms with E-state index in [0.29, 0.717) is 41.7 Å². The number of ether oxygens (including phenoxy) is 1. The van der Waals surface area contributed by atoms with Crippen LogP contribution in [0.2, 0.25) is 5.02 Å². The summed E-state index contributed by atoms with van der Waals surface area (Å²) in [5.41, 5.74) is 0.528. The summed E-state index contributed by atoms with van der Waals surface area (Å²) in [6.45, 7) is 4.83. The lowest BCUT2D eigenvalue weighted by Crippen LogP contribution is -2.41. The number of aromatic nitrogens is 2. The number of nitrogens with one attached hydrogen (secondary N) is 1. The third-order valence-corrected chi connectivity index (χ3v) is 7.18. The number of amides is 1. The van der Waals surface area contributed by atoms with E-state index >= 15 is 0 Å². The Bertz CT molecular complexity index is 994. The maximum Gasteiger partial charge on any atom is 0.262 e. The molecule has 1 aliphatic heterocycles. The third-order valence-electron chi connectivity index (χ3n) is 5.18. The second-order valence-corrected chi connectivity index (χ2v) is 9.72. The van der Waals surface area contributed by atoms with Crippen LogP contribution in [0.4, 0.5) is 5.69 Å². The molecule has 0 bridgehead atoms.